The van der Waals surface area contributed by atoms with E-state index >= 15 is 0 Å². The number of nitrogens with one attached hydrogen (secondary N) is 1. The molecule has 0 radical (unpaired) electrons. The average molecular weight is 269 g/mol. The normalized spacial score (nSPS) is 18.9. The van der Waals surface area contributed by atoms with E-state index in [2.05, 4.69) is 19.2 Å². The van der Waals surface area contributed by atoms with Gasteiger partial charge in [-0.15, -0.1) is 0 Å². The Hall–Kier alpha value is -1.06. The summed E-state index contributed by atoms with van der Waals surface area (Å²) in [6.45, 7) is 4.86. The SMILES string of the molecule is CC(C)CCNC(=O)CC1(C(=O)O)CCCCCC1. The summed E-state index contributed by atoms with van der Waals surface area (Å²) in [5.74, 6) is -0.357. The Morgan fingerprint density at radius 3 is 2.21 bits per heavy atom. The van der Waals surface area contributed by atoms with Crippen molar-refractivity contribution in [2.75, 3.05) is 6.54 Å². The molecule has 110 valence electrons. The minimum atomic E-state index is -0.821. The second-order valence-corrected chi connectivity index (χ2v) is 6.21. The van der Waals surface area contributed by atoms with Crippen molar-refractivity contribution in [3.05, 3.63) is 0 Å². The van der Waals surface area contributed by atoms with E-state index in [-0.39, 0.29) is 12.3 Å². The molecule has 0 atom stereocenters. The average Bonchev–Trinajstić information content (AvgIpc) is 2.55. The van der Waals surface area contributed by atoms with E-state index in [0.717, 1.165) is 32.1 Å². The van der Waals surface area contributed by atoms with Gasteiger partial charge >= 0.3 is 5.97 Å². The highest BCUT2D eigenvalue weighted by Crippen LogP contribution is 2.38. The number of carbonyl (C=O) groups excluding carboxylic acids is 1. The number of hydrogen-bond acceptors (Lipinski definition) is 2. The second kappa shape index (κ2) is 7.51. The maximum atomic E-state index is 11.9. The fraction of sp³-hybridized carbons (Fsp3) is 0.867. The Kier molecular flexibility index (Phi) is 6.32. The summed E-state index contributed by atoms with van der Waals surface area (Å²) in [5, 5.41) is 12.4. The number of aliphatic carboxylic acids is 1. The second-order valence-electron chi connectivity index (χ2n) is 6.21. The van der Waals surface area contributed by atoms with E-state index in [4.69, 9.17) is 0 Å². The number of carboxylic acid groups (broad SMARTS) is 1. The van der Waals surface area contributed by atoms with E-state index < -0.39 is 11.4 Å². The van der Waals surface area contributed by atoms with Crippen LogP contribution in [0.2, 0.25) is 0 Å². The topological polar surface area (TPSA) is 66.4 Å². The zero-order valence-electron chi connectivity index (χ0n) is 12.2. The fourth-order valence-corrected chi connectivity index (χ4v) is 2.74. The lowest BCUT2D eigenvalue weighted by Gasteiger charge is -2.27. The smallest absolute Gasteiger partial charge is 0.310 e. The van der Waals surface area contributed by atoms with Gasteiger partial charge in [0, 0.05) is 13.0 Å². The molecular weight excluding hydrogens is 242 g/mol. The molecule has 1 aliphatic rings. The first kappa shape index (κ1) is 16.0. The number of amides is 1. The van der Waals surface area contributed by atoms with Crippen LogP contribution in [0.3, 0.4) is 0 Å². The van der Waals surface area contributed by atoms with Crippen LogP contribution >= 0.6 is 0 Å². The molecule has 4 heteroatoms. The van der Waals surface area contributed by atoms with Crippen molar-refractivity contribution in [1.82, 2.24) is 5.32 Å². The standard InChI is InChI=1S/C15H27NO3/c1-12(2)7-10-16-13(17)11-15(14(18)19)8-5-3-4-6-9-15/h12H,3-11H2,1-2H3,(H,16,17)(H,18,19). The van der Waals surface area contributed by atoms with Crippen molar-refractivity contribution in [1.29, 1.82) is 0 Å². The van der Waals surface area contributed by atoms with Crippen LogP contribution in [0.15, 0.2) is 0 Å². The van der Waals surface area contributed by atoms with Gasteiger partial charge in [0.25, 0.3) is 0 Å². The van der Waals surface area contributed by atoms with Crippen LogP contribution in [0.4, 0.5) is 0 Å². The van der Waals surface area contributed by atoms with Gasteiger partial charge in [-0.25, -0.2) is 0 Å². The third-order valence-electron chi connectivity index (χ3n) is 4.06. The van der Waals surface area contributed by atoms with Crippen LogP contribution in [-0.2, 0) is 9.59 Å². The molecule has 0 aromatic heterocycles. The molecular formula is C15H27NO3. The van der Waals surface area contributed by atoms with E-state index in [1.54, 1.807) is 0 Å². The van der Waals surface area contributed by atoms with E-state index in [1.165, 1.54) is 0 Å². The maximum absolute atomic E-state index is 11.9. The Morgan fingerprint density at radius 1 is 1.16 bits per heavy atom. The van der Waals surface area contributed by atoms with E-state index in [1.807, 2.05) is 0 Å². The Labute approximate surface area is 116 Å². The van der Waals surface area contributed by atoms with Crippen LogP contribution in [0.25, 0.3) is 0 Å². The molecule has 0 aliphatic heterocycles. The summed E-state index contributed by atoms with van der Waals surface area (Å²) in [7, 11) is 0. The molecule has 1 saturated carbocycles. The number of rotatable bonds is 6. The van der Waals surface area contributed by atoms with Gasteiger partial charge in [0.05, 0.1) is 5.41 Å². The molecule has 1 aliphatic carbocycles. The minimum absolute atomic E-state index is 0.107. The van der Waals surface area contributed by atoms with Crippen molar-refractivity contribution < 1.29 is 14.7 Å². The van der Waals surface area contributed by atoms with Gasteiger partial charge in [-0.2, -0.15) is 0 Å². The van der Waals surface area contributed by atoms with Crippen molar-refractivity contribution in [3.8, 4) is 0 Å². The molecule has 0 saturated heterocycles. The number of hydrogen-bond donors (Lipinski definition) is 2. The Bertz CT molecular complexity index is 305. The molecule has 1 fully saturated rings. The molecule has 1 rings (SSSR count). The Balaban J connectivity index is 2.52. The van der Waals surface area contributed by atoms with E-state index in [9.17, 15) is 14.7 Å². The van der Waals surface area contributed by atoms with Crippen molar-refractivity contribution >= 4 is 11.9 Å². The van der Waals surface area contributed by atoms with Gasteiger partial charge in [0.15, 0.2) is 0 Å². The molecule has 19 heavy (non-hydrogen) atoms. The third-order valence-corrected chi connectivity index (χ3v) is 4.06. The van der Waals surface area contributed by atoms with Crippen LogP contribution in [-0.4, -0.2) is 23.5 Å². The predicted molar refractivity (Wildman–Crippen MR) is 74.9 cm³/mol. The summed E-state index contributed by atoms with van der Waals surface area (Å²) >= 11 is 0. The summed E-state index contributed by atoms with van der Waals surface area (Å²) in [6.07, 6.45) is 6.37. The lowest BCUT2D eigenvalue weighted by Crippen LogP contribution is -2.37. The predicted octanol–water partition coefficient (Wildman–Crippen LogP) is 2.96. The van der Waals surface area contributed by atoms with Crippen LogP contribution in [0.1, 0.15) is 65.2 Å². The van der Waals surface area contributed by atoms with E-state index in [0.29, 0.717) is 25.3 Å². The van der Waals surface area contributed by atoms with Gasteiger partial charge in [-0.3, -0.25) is 9.59 Å². The van der Waals surface area contributed by atoms with Gasteiger partial charge in [0.1, 0.15) is 0 Å². The van der Waals surface area contributed by atoms with Gasteiger partial charge in [0.2, 0.25) is 5.91 Å². The number of carboxylic acids is 1. The first-order chi connectivity index (χ1) is 8.96. The highest BCUT2D eigenvalue weighted by Gasteiger charge is 2.40. The fourth-order valence-electron chi connectivity index (χ4n) is 2.74. The molecule has 2 N–H and O–H groups in total. The molecule has 4 nitrogen and oxygen atoms in total. The highest BCUT2D eigenvalue weighted by atomic mass is 16.4. The number of carbonyl (C=O) groups is 2. The van der Waals surface area contributed by atoms with Crippen molar-refractivity contribution in [2.45, 2.75) is 65.2 Å². The van der Waals surface area contributed by atoms with Gasteiger partial charge in [-0.1, -0.05) is 39.5 Å². The van der Waals surface area contributed by atoms with Gasteiger partial charge < -0.3 is 10.4 Å². The largest absolute Gasteiger partial charge is 0.481 e. The van der Waals surface area contributed by atoms with Gasteiger partial charge in [-0.05, 0) is 25.2 Å². The molecule has 0 unspecified atom stereocenters. The summed E-state index contributed by atoms with van der Waals surface area (Å²) in [5.41, 5.74) is -0.821. The Morgan fingerprint density at radius 2 is 1.74 bits per heavy atom. The zero-order chi connectivity index (χ0) is 14.3. The molecule has 0 aromatic carbocycles. The zero-order valence-corrected chi connectivity index (χ0v) is 12.2. The first-order valence-corrected chi connectivity index (χ1v) is 7.46. The summed E-state index contributed by atoms with van der Waals surface area (Å²) < 4.78 is 0. The lowest BCUT2D eigenvalue weighted by atomic mass is 9.77. The molecule has 1 amide bonds. The quantitative estimate of drug-likeness (QED) is 0.728. The summed E-state index contributed by atoms with van der Waals surface area (Å²) in [4.78, 5) is 23.5. The molecule has 0 bridgehead atoms. The lowest BCUT2D eigenvalue weighted by molar-refractivity contribution is -0.152. The van der Waals surface area contributed by atoms with Crippen LogP contribution in [0, 0.1) is 11.3 Å². The van der Waals surface area contributed by atoms with Crippen LogP contribution < -0.4 is 5.32 Å². The maximum Gasteiger partial charge on any atom is 0.310 e. The van der Waals surface area contributed by atoms with Crippen molar-refractivity contribution in [2.24, 2.45) is 11.3 Å². The molecule has 0 aromatic rings. The minimum Gasteiger partial charge on any atom is -0.481 e. The van der Waals surface area contributed by atoms with Crippen molar-refractivity contribution in [3.63, 3.8) is 0 Å². The summed E-state index contributed by atoms with van der Waals surface area (Å²) in [6, 6.07) is 0. The van der Waals surface area contributed by atoms with Crippen LogP contribution in [0.5, 0.6) is 0 Å². The first-order valence-electron chi connectivity index (χ1n) is 7.46. The molecule has 0 heterocycles. The molecule has 0 spiro atoms. The third kappa shape index (κ3) is 5.21. The monoisotopic (exact) mass is 269 g/mol. The highest BCUT2D eigenvalue weighted by molar-refractivity contribution is 5.85.